The first kappa shape index (κ1) is 15.5. The minimum absolute atomic E-state index is 0.0786. The standard InChI is InChI=1S/C16H11ClN2O3S/c17-13-3-1-11(2-4-13)15-18-14(10-23-15)9-22-16(20)12-5-7-19(21)8-6-12/h1-8,10H,9H2. The highest BCUT2D eigenvalue weighted by Gasteiger charge is 2.11. The number of hydrogen-bond donors (Lipinski definition) is 0. The molecule has 0 spiro atoms. The van der Waals surface area contributed by atoms with E-state index in [4.69, 9.17) is 16.3 Å². The molecule has 3 rings (SSSR count). The number of rotatable bonds is 4. The lowest BCUT2D eigenvalue weighted by Crippen LogP contribution is -2.24. The molecule has 0 saturated heterocycles. The third-order valence-electron chi connectivity index (χ3n) is 3.03. The Labute approximate surface area is 141 Å². The van der Waals surface area contributed by atoms with Gasteiger partial charge < -0.3 is 9.94 Å². The molecule has 0 unspecified atom stereocenters. The fraction of sp³-hybridized carbons (Fsp3) is 0.0625. The van der Waals surface area contributed by atoms with Crippen LogP contribution >= 0.6 is 22.9 Å². The zero-order valence-electron chi connectivity index (χ0n) is 11.8. The van der Waals surface area contributed by atoms with Crippen LogP contribution in [0.4, 0.5) is 0 Å². The molecular formula is C16H11ClN2O3S. The number of halogens is 1. The van der Waals surface area contributed by atoms with Gasteiger partial charge in [0, 0.05) is 28.1 Å². The van der Waals surface area contributed by atoms with E-state index in [1.54, 1.807) is 12.1 Å². The van der Waals surface area contributed by atoms with Gasteiger partial charge in [0.1, 0.15) is 11.6 Å². The second-order valence-electron chi connectivity index (χ2n) is 4.67. The SMILES string of the molecule is O=C(OCc1csc(-c2ccc(Cl)cc2)n1)c1cc[n+]([O-])cc1. The maximum absolute atomic E-state index is 11.9. The van der Waals surface area contributed by atoms with Gasteiger partial charge in [0.2, 0.25) is 0 Å². The van der Waals surface area contributed by atoms with Crippen LogP contribution in [0, 0.1) is 5.21 Å². The molecule has 0 N–H and O–H groups in total. The lowest BCUT2D eigenvalue weighted by molar-refractivity contribution is -0.605. The Balaban J connectivity index is 1.64. The lowest BCUT2D eigenvalue weighted by Gasteiger charge is -2.02. The van der Waals surface area contributed by atoms with Crippen LogP contribution in [0.15, 0.2) is 54.2 Å². The Kier molecular flexibility index (Phi) is 4.55. The summed E-state index contributed by atoms with van der Waals surface area (Å²) in [5.74, 6) is -0.494. The molecule has 116 valence electrons. The van der Waals surface area contributed by atoms with Crippen molar-refractivity contribution in [3.8, 4) is 10.6 Å². The molecule has 0 atom stereocenters. The molecule has 0 aliphatic rings. The quantitative estimate of drug-likeness (QED) is 0.412. The van der Waals surface area contributed by atoms with Gasteiger partial charge in [-0.3, -0.25) is 0 Å². The number of nitrogens with zero attached hydrogens (tertiary/aromatic N) is 2. The Morgan fingerprint density at radius 3 is 2.61 bits per heavy atom. The van der Waals surface area contributed by atoms with E-state index in [2.05, 4.69) is 4.98 Å². The molecule has 7 heteroatoms. The van der Waals surface area contributed by atoms with E-state index in [-0.39, 0.29) is 6.61 Å². The zero-order chi connectivity index (χ0) is 16.2. The smallest absolute Gasteiger partial charge is 0.338 e. The minimum Gasteiger partial charge on any atom is -0.619 e. The van der Waals surface area contributed by atoms with Gasteiger partial charge in [-0.1, -0.05) is 23.7 Å². The van der Waals surface area contributed by atoms with Crippen LogP contribution < -0.4 is 4.73 Å². The number of esters is 1. The summed E-state index contributed by atoms with van der Waals surface area (Å²) >= 11 is 7.33. The summed E-state index contributed by atoms with van der Waals surface area (Å²) in [6.07, 6.45) is 2.50. The van der Waals surface area contributed by atoms with Crippen molar-refractivity contribution in [3.05, 3.63) is 75.7 Å². The van der Waals surface area contributed by atoms with Gasteiger partial charge >= 0.3 is 5.97 Å². The van der Waals surface area contributed by atoms with Crippen LogP contribution in [0.5, 0.6) is 0 Å². The van der Waals surface area contributed by atoms with Gasteiger partial charge in [-0.05, 0) is 12.1 Å². The van der Waals surface area contributed by atoms with Crippen LogP contribution in [0.2, 0.25) is 5.02 Å². The molecule has 0 aliphatic carbocycles. The van der Waals surface area contributed by atoms with Gasteiger partial charge in [-0.2, -0.15) is 4.73 Å². The van der Waals surface area contributed by atoms with E-state index >= 15 is 0 Å². The van der Waals surface area contributed by atoms with Crippen molar-refractivity contribution in [2.45, 2.75) is 6.61 Å². The van der Waals surface area contributed by atoms with Crippen molar-refractivity contribution in [2.75, 3.05) is 0 Å². The van der Waals surface area contributed by atoms with Crippen LogP contribution in [0.1, 0.15) is 16.1 Å². The predicted octanol–water partition coefficient (Wildman–Crippen LogP) is 3.45. The van der Waals surface area contributed by atoms with E-state index in [1.165, 1.54) is 35.9 Å². The number of thiazole rings is 1. The number of hydrogen-bond acceptors (Lipinski definition) is 5. The third kappa shape index (κ3) is 3.85. The molecule has 0 saturated carbocycles. The summed E-state index contributed by atoms with van der Waals surface area (Å²) in [6, 6.07) is 10.2. The van der Waals surface area contributed by atoms with E-state index in [0.29, 0.717) is 21.0 Å². The molecule has 2 aromatic heterocycles. The van der Waals surface area contributed by atoms with E-state index in [1.807, 2.05) is 17.5 Å². The maximum atomic E-state index is 11.9. The van der Waals surface area contributed by atoms with Crippen molar-refractivity contribution in [3.63, 3.8) is 0 Å². The third-order valence-corrected chi connectivity index (χ3v) is 4.22. The van der Waals surface area contributed by atoms with Crippen molar-refractivity contribution in [1.82, 2.24) is 4.98 Å². The van der Waals surface area contributed by atoms with Crippen molar-refractivity contribution >= 4 is 28.9 Å². The normalized spacial score (nSPS) is 10.5. The molecule has 0 fully saturated rings. The molecule has 0 radical (unpaired) electrons. The zero-order valence-corrected chi connectivity index (χ0v) is 13.4. The Morgan fingerprint density at radius 1 is 1.22 bits per heavy atom. The fourth-order valence-corrected chi connectivity index (χ4v) is 2.81. The number of pyridine rings is 1. The van der Waals surface area contributed by atoms with Gasteiger partial charge in [0.25, 0.3) is 0 Å². The Hall–Kier alpha value is -2.44. The number of carbonyl (C=O) groups is 1. The summed E-state index contributed by atoms with van der Waals surface area (Å²) in [5.41, 5.74) is 1.95. The predicted molar refractivity (Wildman–Crippen MR) is 87.1 cm³/mol. The summed E-state index contributed by atoms with van der Waals surface area (Å²) in [5, 5.41) is 14.3. The molecule has 0 aliphatic heterocycles. The lowest BCUT2D eigenvalue weighted by atomic mass is 10.2. The minimum atomic E-state index is -0.494. The summed E-state index contributed by atoms with van der Waals surface area (Å²) in [4.78, 5) is 16.3. The van der Waals surface area contributed by atoms with Gasteiger partial charge in [0.15, 0.2) is 12.4 Å². The largest absolute Gasteiger partial charge is 0.619 e. The Morgan fingerprint density at radius 2 is 1.91 bits per heavy atom. The molecule has 23 heavy (non-hydrogen) atoms. The van der Waals surface area contributed by atoms with Crippen molar-refractivity contribution in [1.29, 1.82) is 0 Å². The molecule has 2 heterocycles. The first-order valence-electron chi connectivity index (χ1n) is 6.68. The first-order valence-corrected chi connectivity index (χ1v) is 7.94. The summed E-state index contributed by atoms with van der Waals surface area (Å²) < 4.78 is 5.80. The van der Waals surface area contributed by atoms with Crippen LogP contribution in [0.3, 0.4) is 0 Å². The van der Waals surface area contributed by atoms with Gasteiger partial charge in [0.05, 0.1) is 11.3 Å². The molecule has 0 bridgehead atoms. The number of aromatic nitrogens is 2. The molecule has 5 nitrogen and oxygen atoms in total. The molecule has 0 amide bonds. The van der Waals surface area contributed by atoms with Crippen LogP contribution in [-0.4, -0.2) is 11.0 Å². The van der Waals surface area contributed by atoms with Gasteiger partial charge in [-0.15, -0.1) is 11.3 Å². The van der Waals surface area contributed by atoms with Crippen LogP contribution in [-0.2, 0) is 11.3 Å². The van der Waals surface area contributed by atoms with E-state index < -0.39 is 5.97 Å². The van der Waals surface area contributed by atoms with E-state index in [0.717, 1.165) is 10.6 Å². The van der Waals surface area contributed by atoms with Crippen molar-refractivity contribution < 1.29 is 14.3 Å². The molecule has 3 aromatic rings. The average molecular weight is 347 g/mol. The highest BCUT2D eigenvalue weighted by molar-refractivity contribution is 7.13. The van der Waals surface area contributed by atoms with Crippen molar-refractivity contribution in [2.24, 2.45) is 0 Å². The molecular weight excluding hydrogens is 336 g/mol. The monoisotopic (exact) mass is 346 g/mol. The van der Waals surface area contributed by atoms with Crippen LogP contribution in [0.25, 0.3) is 10.6 Å². The average Bonchev–Trinajstić information content (AvgIpc) is 3.03. The second-order valence-corrected chi connectivity index (χ2v) is 5.97. The Bertz CT molecular complexity index is 816. The first-order chi connectivity index (χ1) is 11.1. The topological polar surface area (TPSA) is 66.1 Å². The number of benzene rings is 1. The number of ether oxygens (including phenoxy) is 1. The highest BCUT2D eigenvalue weighted by atomic mass is 35.5. The second kappa shape index (κ2) is 6.76. The molecule has 1 aromatic carbocycles. The summed E-state index contributed by atoms with van der Waals surface area (Å²) in [6.45, 7) is 0.0786. The maximum Gasteiger partial charge on any atom is 0.338 e. The highest BCUT2D eigenvalue weighted by Crippen LogP contribution is 2.25. The fourth-order valence-electron chi connectivity index (χ4n) is 1.87. The van der Waals surface area contributed by atoms with E-state index in [9.17, 15) is 10.0 Å². The number of carbonyl (C=O) groups excluding carboxylic acids is 1. The van der Waals surface area contributed by atoms with Gasteiger partial charge in [-0.25, -0.2) is 9.78 Å². The summed E-state index contributed by atoms with van der Waals surface area (Å²) in [7, 11) is 0.